The number of hydrogen-bond acceptors (Lipinski definition) is 2. The summed E-state index contributed by atoms with van der Waals surface area (Å²) in [7, 11) is 2.01. The van der Waals surface area contributed by atoms with Gasteiger partial charge >= 0.3 is 0 Å². The second kappa shape index (κ2) is 7.23. The molecule has 0 bridgehead atoms. The topological polar surface area (TPSA) is 29.9 Å². The van der Waals surface area contributed by atoms with Gasteiger partial charge in [0.1, 0.15) is 0 Å². The van der Waals surface area contributed by atoms with Crippen LogP contribution in [-0.4, -0.2) is 22.9 Å². The Kier molecular flexibility index (Phi) is 5.86. The smallest absolute Gasteiger partial charge is 0.0624 e. The first-order chi connectivity index (χ1) is 7.77. The minimum absolute atomic E-state index is 0.982. The van der Waals surface area contributed by atoms with Crippen LogP contribution in [0.1, 0.15) is 31.7 Å². The van der Waals surface area contributed by atoms with Crippen LogP contribution in [0.2, 0.25) is 0 Å². The number of nitrogens with one attached hydrogen (secondary N) is 1. The molecule has 16 heavy (non-hydrogen) atoms. The van der Waals surface area contributed by atoms with E-state index in [0.717, 1.165) is 32.4 Å². The molecule has 1 heterocycles. The van der Waals surface area contributed by atoms with Crippen molar-refractivity contribution in [1.29, 1.82) is 0 Å². The maximum absolute atomic E-state index is 4.43. The van der Waals surface area contributed by atoms with Crippen LogP contribution in [0.5, 0.6) is 0 Å². The predicted octanol–water partition coefficient (Wildman–Crippen LogP) is 2.08. The van der Waals surface area contributed by atoms with Crippen LogP contribution >= 0.6 is 0 Å². The summed E-state index contributed by atoms with van der Waals surface area (Å²) in [6.07, 6.45) is 7.56. The lowest BCUT2D eigenvalue weighted by Crippen LogP contribution is -2.12. The van der Waals surface area contributed by atoms with Crippen LogP contribution in [0.3, 0.4) is 0 Å². The summed E-state index contributed by atoms with van der Waals surface area (Å²) in [5.74, 6) is 0. The molecule has 0 fully saturated rings. The van der Waals surface area contributed by atoms with Gasteiger partial charge in [-0.1, -0.05) is 26.0 Å². The number of nitrogens with zero attached hydrogens (tertiary/aromatic N) is 2. The first-order valence-electron chi connectivity index (χ1n) is 6.15. The van der Waals surface area contributed by atoms with Gasteiger partial charge in [-0.25, -0.2) is 0 Å². The van der Waals surface area contributed by atoms with E-state index in [1.807, 2.05) is 11.7 Å². The SMILES string of the molecule is CCNCCC=CCc1cc(CC)nn1C. The number of allylic oxidation sites excluding steroid dienone is 1. The molecule has 90 valence electrons. The van der Waals surface area contributed by atoms with Crippen molar-refractivity contribution in [3.8, 4) is 0 Å². The Morgan fingerprint density at radius 3 is 2.81 bits per heavy atom. The zero-order valence-electron chi connectivity index (χ0n) is 10.7. The van der Waals surface area contributed by atoms with Crippen molar-refractivity contribution in [2.75, 3.05) is 13.1 Å². The van der Waals surface area contributed by atoms with Crippen molar-refractivity contribution >= 4 is 0 Å². The van der Waals surface area contributed by atoms with Crippen molar-refractivity contribution in [2.24, 2.45) is 7.05 Å². The average Bonchev–Trinajstić information content (AvgIpc) is 2.65. The van der Waals surface area contributed by atoms with Gasteiger partial charge in [0, 0.05) is 19.2 Å². The monoisotopic (exact) mass is 221 g/mol. The average molecular weight is 221 g/mol. The van der Waals surface area contributed by atoms with E-state index in [2.05, 4.69) is 42.5 Å². The summed E-state index contributed by atoms with van der Waals surface area (Å²) in [6.45, 7) is 6.39. The third-order valence-corrected chi connectivity index (χ3v) is 2.62. The second-order valence-electron chi connectivity index (χ2n) is 3.92. The maximum atomic E-state index is 4.43. The van der Waals surface area contributed by atoms with E-state index in [9.17, 15) is 0 Å². The van der Waals surface area contributed by atoms with Crippen LogP contribution in [-0.2, 0) is 19.9 Å². The first kappa shape index (κ1) is 13.0. The Balaban J connectivity index is 2.33. The van der Waals surface area contributed by atoms with Gasteiger partial charge in [0.25, 0.3) is 0 Å². The Morgan fingerprint density at radius 2 is 2.19 bits per heavy atom. The number of aromatic nitrogens is 2. The zero-order valence-corrected chi connectivity index (χ0v) is 10.7. The van der Waals surface area contributed by atoms with Gasteiger partial charge in [-0.05, 0) is 32.0 Å². The normalized spacial score (nSPS) is 11.4. The van der Waals surface area contributed by atoms with Gasteiger partial charge in [-0.2, -0.15) is 5.10 Å². The third kappa shape index (κ3) is 4.19. The molecule has 0 aliphatic carbocycles. The highest BCUT2D eigenvalue weighted by Gasteiger charge is 2.00. The summed E-state index contributed by atoms with van der Waals surface area (Å²) in [6, 6.07) is 2.19. The van der Waals surface area contributed by atoms with Crippen molar-refractivity contribution in [3.05, 3.63) is 29.6 Å². The molecule has 0 aromatic carbocycles. The van der Waals surface area contributed by atoms with Crippen LogP contribution in [0, 0.1) is 0 Å². The Hall–Kier alpha value is -1.09. The van der Waals surface area contributed by atoms with E-state index in [-0.39, 0.29) is 0 Å². The first-order valence-corrected chi connectivity index (χ1v) is 6.15. The highest BCUT2D eigenvalue weighted by Crippen LogP contribution is 2.05. The molecule has 0 amide bonds. The largest absolute Gasteiger partial charge is 0.317 e. The lowest BCUT2D eigenvalue weighted by atomic mass is 10.2. The number of rotatable bonds is 7. The van der Waals surface area contributed by atoms with Crippen molar-refractivity contribution in [2.45, 2.75) is 33.1 Å². The molecule has 0 atom stereocenters. The van der Waals surface area contributed by atoms with Crippen LogP contribution in [0.25, 0.3) is 0 Å². The highest BCUT2D eigenvalue weighted by atomic mass is 15.3. The summed E-state index contributed by atoms with van der Waals surface area (Å²) in [5.41, 5.74) is 2.47. The molecule has 1 aromatic heterocycles. The molecule has 0 aliphatic heterocycles. The Labute approximate surface area is 98.5 Å². The fourth-order valence-electron chi connectivity index (χ4n) is 1.62. The minimum atomic E-state index is 0.982. The van der Waals surface area contributed by atoms with Crippen LogP contribution in [0.15, 0.2) is 18.2 Å². The molecule has 1 aromatic rings. The minimum Gasteiger partial charge on any atom is -0.317 e. The Morgan fingerprint density at radius 1 is 1.38 bits per heavy atom. The molecule has 0 spiro atoms. The predicted molar refractivity (Wildman–Crippen MR) is 68.6 cm³/mol. The molecule has 0 saturated heterocycles. The number of aryl methyl sites for hydroxylation is 2. The van der Waals surface area contributed by atoms with Gasteiger partial charge in [0.05, 0.1) is 5.69 Å². The fraction of sp³-hybridized carbons (Fsp3) is 0.615. The second-order valence-corrected chi connectivity index (χ2v) is 3.92. The summed E-state index contributed by atoms with van der Waals surface area (Å²) >= 11 is 0. The van der Waals surface area contributed by atoms with E-state index in [1.165, 1.54) is 11.4 Å². The van der Waals surface area contributed by atoms with Gasteiger partial charge in [-0.3, -0.25) is 4.68 Å². The van der Waals surface area contributed by atoms with E-state index >= 15 is 0 Å². The van der Waals surface area contributed by atoms with Gasteiger partial charge < -0.3 is 5.32 Å². The summed E-state index contributed by atoms with van der Waals surface area (Å²) in [5, 5.41) is 7.73. The van der Waals surface area contributed by atoms with E-state index in [0.29, 0.717) is 0 Å². The third-order valence-electron chi connectivity index (χ3n) is 2.62. The molecule has 0 aliphatic rings. The van der Waals surface area contributed by atoms with Gasteiger partial charge in [-0.15, -0.1) is 0 Å². The maximum Gasteiger partial charge on any atom is 0.0624 e. The van der Waals surface area contributed by atoms with Crippen molar-refractivity contribution < 1.29 is 0 Å². The summed E-state index contributed by atoms with van der Waals surface area (Å²) in [4.78, 5) is 0. The molecular weight excluding hydrogens is 198 g/mol. The standard InChI is InChI=1S/C13H23N3/c1-4-12-11-13(16(3)15-12)9-7-6-8-10-14-5-2/h6-7,11,14H,4-5,8-10H2,1-3H3. The lowest BCUT2D eigenvalue weighted by Gasteiger charge is -1.97. The van der Waals surface area contributed by atoms with Gasteiger partial charge in [0.15, 0.2) is 0 Å². The number of hydrogen-bond donors (Lipinski definition) is 1. The summed E-state index contributed by atoms with van der Waals surface area (Å²) < 4.78 is 1.98. The zero-order chi connectivity index (χ0) is 11.8. The van der Waals surface area contributed by atoms with Crippen LogP contribution < -0.4 is 5.32 Å². The van der Waals surface area contributed by atoms with Crippen LogP contribution in [0.4, 0.5) is 0 Å². The van der Waals surface area contributed by atoms with Crippen molar-refractivity contribution in [1.82, 2.24) is 15.1 Å². The molecule has 3 nitrogen and oxygen atoms in total. The lowest BCUT2D eigenvalue weighted by molar-refractivity contribution is 0.710. The fourth-order valence-corrected chi connectivity index (χ4v) is 1.62. The van der Waals surface area contributed by atoms with Gasteiger partial charge in [0.2, 0.25) is 0 Å². The quantitative estimate of drug-likeness (QED) is 0.564. The molecule has 0 unspecified atom stereocenters. The molecular formula is C13H23N3. The Bertz CT molecular complexity index is 326. The van der Waals surface area contributed by atoms with E-state index in [4.69, 9.17) is 0 Å². The van der Waals surface area contributed by atoms with Crippen molar-refractivity contribution in [3.63, 3.8) is 0 Å². The highest BCUT2D eigenvalue weighted by molar-refractivity contribution is 5.13. The van der Waals surface area contributed by atoms with E-state index < -0.39 is 0 Å². The molecule has 3 heteroatoms. The molecule has 0 saturated carbocycles. The molecule has 0 radical (unpaired) electrons. The van der Waals surface area contributed by atoms with E-state index in [1.54, 1.807) is 0 Å². The molecule has 1 N–H and O–H groups in total. The molecule has 1 rings (SSSR count).